The summed E-state index contributed by atoms with van der Waals surface area (Å²) in [5.74, 6) is 0.656. The minimum Gasteiger partial charge on any atom is -0.505 e. The SMILES string of the molecule is CC(C)(C)c1cc(CN)cc(-n2ncc(-n3nnc4ccccc43)n2)c1O. The summed E-state index contributed by atoms with van der Waals surface area (Å²) in [5.41, 5.74) is 9.39. The molecule has 0 amide bonds. The van der Waals surface area contributed by atoms with E-state index >= 15 is 0 Å². The molecule has 2 aromatic carbocycles. The van der Waals surface area contributed by atoms with Crippen LogP contribution in [-0.2, 0) is 12.0 Å². The van der Waals surface area contributed by atoms with Gasteiger partial charge in [0.15, 0.2) is 5.82 Å². The first-order valence-corrected chi connectivity index (χ1v) is 8.68. The van der Waals surface area contributed by atoms with E-state index in [0.29, 0.717) is 18.1 Å². The molecule has 0 aliphatic heterocycles. The minimum absolute atomic E-state index is 0.144. The fourth-order valence-corrected chi connectivity index (χ4v) is 3.03. The molecule has 0 atom stereocenters. The molecule has 0 saturated heterocycles. The summed E-state index contributed by atoms with van der Waals surface area (Å²) in [4.78, 5) is 1.40. The van der Waals surface area contributed by atoms with Crippen molar-refractivity contribution >= 4 is 11.0 Å². The van der Waals surface area contributed by atoms with Gasteiger partial charge < -0.3 is 10.8 Å². The maximum Gasteiger partial charge on any atom is 0.198 e. The van der Waals surface area contributed by atoms with Crippen molar-refractivity contribution in [2.45, 2.75) is 32.7 Å². The molecule has 0 aliphatic rings. The fraction of sp³-hybridized carbons (Fsp3) is 0.263. The Morgan fingerprint density at radius 2 is 1.93 bits per heavy atom. The van der Waals surface area contributed by atoms with Gasteiger partial charge in [-0.15, -0.1) is 15.0 Å². The number of nitrogens with zero attached hydrogens (tertiary/aromatic N) is 6. The van der Waals surface area contributed by atoms with Crippen molar-refractivity contribution in [1.29, 1.82) is 0 Å². The quantitative estimate of drug-likeness (QED) is 0.579. The number of fused-ring (bicyclic) bond motifs is 1. The average molecular weight is 363 g/mol. The number of benzene rings is 2. The van der Waals surface area contributed by atoms with Gasteiger partial charge in [-0.2, -0.15) is 9.78 Å². The van der Waals surface area contributed by atoms with E-state index in [2.05, 4.69) is 20.5 Å². The van der Waals surface area contributed by atoms with Gasteiger partial charge in [0.05, 0.1) is 11.7 Å². The highest BCUT2D eigenvalue weighted by molar-refractivity contribution is 5.75. The van der Waals surface area contributed by atoms with Gasteiger partial charge in [-0.05, 0) is 29.2 Å². The first-order valence-electron chi connectivity index (χ1n) is 8.68. The molecular formula is C19H21N7O. The summed E-state index contributed by atoms with van der Waals surface area (Å²) in [6, 6.07) is 11.3. The van der Waals surface area contributed by atoms with Crippen LogP contribution in [0.1, 0.15) is 31.9 Å². The van der Waals surface area contributed by atoms with Crippen LogP contribution in [0.5, 0.6) is 5.75 Å². The van der Waals surface area contributed by atoms with Crippen LogP contribution in [-0.4, -0.2) is 35.1 Å². The molecule has 0 bridgehead atoms. The first-order chi connectivity index (χ1) is 12.9. The largest absolute Gasteiger partial charge is 0.505 e. The maximum absolute atomic E-state index is 10.8. The standard InChI is InChI=1S/C19H21N7O/c1-19(2,3)13-8-12(10-20)9-16(18(13)27)26-21-11-17(23-26)25-15-7-5-4-6-14(15)22-24-25/h4-9,11,27H,10,20H2,1-3H3. The van der Waals surface area contributed by atoms with Gasteiger partial charge in [-0.3, -0.25) is 0 Å². The lowest BCUT2D eigenvalue weighted by atomic mass is 9.85. The molecule has 27 heavy (non-hydrogen) atoms. The number of aromatic hydroxyl groups is 1. The lowest BCUT2D eigenvalue weighted by Crippen LogP contribution is -2.15. The highest BCUT2D eigenvalue weighted by Gasteiger charge is 2.23. The van der Waals surface area contributed by atoms with Crippen LogP contribution >= 0.6 is 0 Å². The van der Waals surface area contributed by atoms with Gasteiger partial charge in [0.1, 0.15) is 17.0 Å². The van der Waals surface area contributed by atoms with Crippen LogP contribution in [0.25, 0.3) is 22.5 Å². The van der Waals surface area contributed by atoms with Gasteiger partial charge >= 0.3 is 0 Å². The molecule has 0 unspecified atom stereocenters. The zero-order valence-electron chi connectivity index (χ0n) is 15.5. The Hall–Kier alpha value is -3.26. The van der Waals surface area contributed by atoms with Crippen LogP contribution in [0.4, 0.5) is 0 Å². The van der Waals surface area contributed by atoms with Crippen molar-refractivity contribution < 1.29 is 5.11 Å². The lowest BCUT2D eigenvalue weighted by molar-refractivity contribution is 0.439. The molecule has 138 valence electrons. The number of phenols is 1. The third-order valence-electron chi connectivity index (χ3n) is 4.46. The molecule has 0 radical (unpaired) electrons. The van der Waals surface area contributed by atoms with Gasteiger partial charge in [-0.1, -0.05) is 44.2 Å². The number of phenolic OH excluding ortho intramolecular Hbond substituents is 1. The fourth-order valence-electron chi connectivity index (χ4n) is 3.03. The molecule has 8 heteroatoms. The molecule has 0 spiro atoms. The summed E-state index contributed by atoms with van der Waals surface area (Å²) < 4.78 is 1.62. The Kier molecular flexibility index (Phi) is 3.92. The normalized spacial score (nSPS) is 12.0. The topological polar surface area (TPSA) is 108 Å². The molecule has 0 fully saturated rings. The zero-order valence-corrected chi connectivity index (χ0v) is 15.5. The summed E-state index contributed by atoms with van der Waals surface area (Å²) in [5, 5.41) is 27.9. The number of rotatable bonds is 3. The monoisotopic (exact) mass is 363 g/mol. The Balaban J connectivity index is 1.84. The predicted molar refractivity (Wildman–Crippen MR) is 102 cm³/mol. The second-order valence-corrected chi connectivity index (χ2v) is 7.45. The van der Waals surface area contributed by atoms with Crippen molar-refractivity contribution in [1.82, 2.24) is 30.0 Å². The number of aromatic nitrogens is 6. The average Bonchev–Trinajstić information content (AvgIpc) is 3.27. The second-order valence-electron chi connectivity index (χ2n) is 7.45. The molecule has 2 aromatic heterocycles. The van der Waals surface area contributed by atoms with E-state index in [-0.39, 0.29) is 11.2 Å². The third kappa shape index (κ3) is 2.93. The number of nitrogens with two attached hydrogens (primary N) is 1. The molecule has 0 aliphatic carbocycles. The van der Waals surface area contributed by atoms with E-state index in [1.165, 1.54) is 4.80 Å². The summed E-state index contributed by atoms with van der Waals surface area (Å²) in [6.07, 6.45) is 1.59. The molecular weight excluding hydrogens is 342 g/mol. The first kappa shape index (κ1) is 17.2. The van der Waals surface area contributed by atoms with Crippen molar-refractivity contribution in [3.8, 4) is 17.3 Å². The van der Waals surface area contributed by atoms with Crippen LogP contribution in [0, 0.1) is 0 Å². The zero-order chi connectivity index (χ0) is 19.2. The van der Waals surface area contributed by atoms with E-state index < -0.39 is 0 Å². The van der Waals surface area contributed by atoms with Crippen molar-refractivity contribution in [2.24, 2.45) is 5.73 Å². The van der Waals surface area contributed by atoms with Gasteiger partial charge in [0.2, 0.25) is 0 Å². The van der Waals surface area contributed by atoms with Gasteiger partial charge in [0, 0.05) is 12.1 Å². The Bertz CT molecular complexity index is 1120. The van der Waals surface area contributed by atoms with Crippen LogP contribution in [0.2, 0.25) is 0 Å². The van der Waals surface area contributed by atoms with Crippen LogP contribution in [0.3, 0.4) is 0 Å². The molecule has 4 aromatic rings. The highest BCUT2D eigenvalue weighted by Crippen LogP contribution is 2.36. The van der Waals surface area contributed by atoms with Crippen molar-refractivity contribution in [2.75, 3.05) is 0 Å². The van der Waals surface area contributed by atoms with E-state index in [1.807, 2.05) is 51.1 Å². The van der Waals surface area contributed by atoms with Gasteiger partial charge in [-0.25, -0.2) is 0 Å². The third-order valence-corrected chi connectivity index (χ3v) is 4.46. The van der Waals surface area contributed by atoms with E-state index in [9.17, 15) is 5.11 Å². The Morgan fingerprint density at radius 3 is 2.67 bits per heavy atom. The lowest BCUT2D eigenvalue weighted by Gasteiger charge is -2.22. The summed E-state index contributed by atoms with van der Waals surface area (Å²) >= 11 is 0. The number of para-hydroxylation sites is 1. The van der Waals surface area contributed by atoms with E-state index in [4.69, 9.17) is 5.73 Å². The van der Waals surface area contributed by atoms with E-state index in [1.54, 1.807) is 16.9 Å². The Labute approximate surface area is 156 Å². The predicted octanol–water partition coefficient (Wildman–Crippen LogP) is 2.46. The maximum atomic E-state index is 10.8. The molecule has 4 rings (SSSR count). The molecule has 0 saturated carbocycles. The minimum atomic E-state index is -0.248. The molecule has 3 N–H and O–H groups in total. The van der Waals surface area contributed by atoms with Crippen LogP contribution < -0.4 is 5.73 Å². The van der Waals surface area contributed by atoms with Crippen molar-refractivity contribution in [3.63, 3.8) is 0 Å². The number of hydrogen-bond acceptors (Lipinski definition) is 6. The van der Waals surface area contributed by atoms with Gasteiger partial charge in [0.25, 0.3) is 0 Å². The molecule has 8 nitrogen and oxygen atoms in total. The number of hydrogen-bond donors (Lipinski definition) is 2. The van der Waals surface area contributed by atoms with Crippen molar-refractivity contribution in [3.05, 3.63) is 53.7 Å². The van der Waals surface area contributed by atoms with Crippen LogP contribution in [0.15, 0.2) is 42.6 Å². The Morgan fingerprint density at radius 1 is 1.15 bits per heavy atom. The summed E-state index contributed by atoms with van der Waals surface area (Å²) in [7, 11) is 0. The highest BCUT2D eigenvalue weighted by atomic mass is 16.3. The summed E-state index contributed by atoms with van der Waals surface area (Å²) in [6.45, 7) is 6.47. The van der Waals surface area contributed by atoms with E-state index in [0.717, 1.165) is 22.2 Å². The smallest absolute Gasteiger partial charge is 0.198 e. The second kappa shape index (κ2) is 6.17. The molecule has 2 heterocycles.